The van der Waals surface area contributed by atoms with Crippen LogP contribution < -0.4 is 16.0 Å². The summed E-state index contributed by atoms with van der Waals surface area (Å²) < 4.78 is 26.0. The van der Waals surface area contributed by atoms with Gasteiger partial charge < -0.3 is 16.0 Å². The second kappa shape index (κ2) is 8.89. The van der Waals surface area contributed by atoms with E-state index in [9.17, 15) is 18.4 Å². The number of hydrogen-bond acceptors (Lipinski definition) is 6. The average Bonchev–Trinajstić information content (AvgIpc) is 3.43. The fraction of sp³-hybridized carbons (Fsp3) is 0.261. The molecule has 1 aliphatic carbocycles. The SMILES string of the molecule is CCNC(=O)c1ccc(Nc2nccc(-c3ccc(NC(=O)C4CC4(F)F)nc3)n2)cc1C. The van der Waals surface area contributed by atoms with Gasteiger partial charge in [-0.05, 0) is 55.8 Å². The third-order valence-corrected chi connectivity index (χ3v) is 5.17. The Morgan fingerprint density at radius 2 is 1.94 bits per heavy atom. The van der Waals surface area contributed by atoms with Gasteiger partial charge in [0.1, 0.15) is 11.7 Å². The Morgan fingerprint density at radius 3 is 2.58 bits per heavy atom. The summed E-state index contributed by atoms with van der Waals surface area (Å²) in [6.45, 7) is 4.27. The standard InChI is InChI=1S/C23H22F2N6O2/c1-3-26-20(32)16-6-5-15(10-13(16)2)29-22-27-9-8-18(30-22)14-4-7-19(28-12-14)31-21(33)17-11-23(17,24)25/h4-10,12,17H,3,11H2,1-2H3,(H,26,32)(H,27,29,30)(H,28,31,33). The van der Waals surface area contributed by atoms with Gasteiger partial charge >= 0.3 is 0 Å². The minimum absolute atomic E-state index is 0.127. The average molecular weight is 452 g/mol. The molecule has 33 heavy (non-hydrogen) atoms. The predicted molar refractivity (Wildman–Crippen MR) is 119 cm³/mol. The van der Waals surface area contributed by atoms with Gasteiger partial charge in [0, 0.05) is 42.2 Å². The van der Waals surface area contributed by atoms with E-state index in [0.717, 1.165) is 11.3 Å². The summed E-state index contributed by atoms with van der Waals surface area (Å²) in [6.07, 6.45) is 2.66. The van der Waals surface area contributed by atoms with Crippen LogP contribution >= 0.6 is 0 Å². The second-order valence-corrected chi connectivity index (χ2v) is 7.72. The molecule has 0 aliphatic heterocycles. The summed E-state index contributed by atoms with van der Waals surface area (Å²) >= 11 is 0. The summed E-state index contributed by atoms with van der Waals surface area (Å²) in [5.41, 5.74) is 3.39. The van der Waals surface area contributed by atoms with Crippen molar-refractivity contribution in [3.8, 4) is 11.3 Å². The van der Waals surface area contributed by atoms with Crippen molar-refractivity contribution in [3.63, 3.8) is 0 Å². The number of benzene rings is 1. The molecule has 2 amide bonds. The Morgan fingerprint density at radius 1 is 1.15 bits per heavy atom. The number of rotatable bonds is 7. The zero-order valence-corrected chi connectivity index (χ0v) is 18.0. The molecule has 3 N–H and O–H groups in total. The molecule has 1 atom stereocenters. The van der Waals surface area contributed by atoms with Crippen LogP contribution in [0.4, 0.5) is 26.2 Å². The molecule has 10 heteroatoms. The third-order valence-electron chi connectivity index (χ3n) is 5.17. The fourth-order valence-electron chi connectivity index (χ4n) is 3.29. The highest BCUT2D eigenvalue weighted by Crippen LogP contribution is 2.49. The van der Waals surface area contributed by atoms with E-state index in [2.05, 4.69) is 30.9 Å². The minimum atomic E-state index is -2.92. The molecule has 1 unspecified atom stereocenters. The molecule has 1 aliphatic rings. The lowest BCUT2D eigenvalue weighted by Crippen LogP contribution is -2.23. The molecule has 4 rings (SSSR count). The molecule has 170 valence electrons. The summed E-state index contributed by atoms with van der Waals surface area (Å²) in [7, 11) is 0. The van der Waals surface area contributed by atoms with E-state index >= 15 is 0 Å². The van der Waals surface area contributed by atoms with E-state index in [1.165, 1.54) is 12.3 Å². The maximum atomic E-state index is 13.0. The number of amides is 2. The van der Waals surface area contributed by atoms with Gasteiger partial charge in [-0.1, -0.05) is 0 Å². The number of aryl methyl sites for hydroxylation is 1. The van der Waals surface area contributed by atoms with Crippen molar-refractivity contribution in [1.29, 1.82) is 0 Å². The van der Waals surface area contributed by atoms with Gasteiger partial charge in [0.25, 0.3) is 11.8 Å². The van der Waals surface area contributed by atoms with Gasteiger partial charge in [-0.2, -0.15) is 0 Å². The van der Waals surface area contributed by atoms with Gasteiger partial charge in [0.2, 0.25) is 11.9 Å². The van der Waals surface area contributed by atoms with E-state index in [1.54, 1.807) is 30.5 Å². The van der Waals surface area contributed by atoms with Crippen molar-refractivity contribution in [3.05, 3.63) is 59.9 Å². The zero-order chi connectivity index (χ0) is 23.6. The summed E-state index contributed by atoms with van der Waals surface area (Å²) in [5, 5.41) is 8.30. The Hall–Kier alpha value is -3.95. The monoisotopic (exact) mass is 452 g/mol. The summed E-state index contributed by atoms with van der Waals surface area (Å²) in [6, 6.07) is 10.3. The maximum absolute atomic E-state index is 13.0. The normalized spacial score (nSPS) is 16.1. The van der Waals surface area contributed by atoms with Crippen LogP contribution in [0.15, 0.2) is 48.8 Å². The van der Waals surface area contributed by atoms with Crippen LogP contribution in [0.1, 0.15) is 29.3 Å². The molecular formula is C23H22F2N6O2. The van der Waals surface area contributed by atoms with Crippen LogP contribution in [0.2, 0.25) is 0 Å². The number of nitrogens with zero attached hydrogens (tertiary/aromatic N) is 3. The first-order chi connectivity index (χ1) is 15.8. The summed E-state index contributed by atoms with van der Waals surface area (Å²) in [5.74, 6) is -4.52. The number of anilines is 3. The second-order valence-electron chi connectivity index (χ2n) is 7.72. The lowest BCUT2D eigenvalue weighted by atomic mass is 10.1. The first kappa shape index (κ1) is 22.3. The van der Waals surface area contributed by atoms with Crippen molar-refractivity contribution in [2.45, 2.75) is 26.2 Å². The van der Waals surface area contributed by atoms with Crippen molar-refractivity contribution in [2.24, 2.45) is 5.92 Å². The zero-order valence-electron chi connectivity index (χ0n) is 18.0. The minimum Gasteiger partial charge on any atom is -0.352 e. The predicted octanol–water partition coefficient (Wildman–Crippen LogP) is 3.93. The first-order valence-corrected chi connectivity index (χ1v) is 10.4. The molecular weight excluding hydrogens is 430 g/mol. The third kappa shape index (κ3) is 5.11. The number of aromatic nitrogens is 3. The van der Waals surface area contributed by atoms with Crippen LogP contribution in [-0.2, 0) is 4.79 Å². The molecule has 0 spiro atoms. The molecule has 0 bridgehead atoms. The maximum Gasteiger partial charge on any atom is 0.260 e. The highest BCUT2D eigenvalue weighted by molar-refractivity contribution is 5.96. The number of hydrogen-bond donors (Lipinski definition) is 3. The molecule has 0 radical (unpaired) electrons. The molecule has 0 saturated heterocycles. The van der Waals surface area contributed by atoms with Crippen LogP contribution in [-0.4, -0.2) is 39.2 Å². The molecule has 2 aromatic heterocycles. The van der Waals surface area contributed by atoms with Crippen molar-refractivity contribution >= 4 is 29.3 Å². The van der Waals surface area contributed by atoms with Crippen molar-refractivity contribution < 1.29 is 18.4 Å². The quantitative estimate of drug-likeness (QED) is 0.501. The van der Waals surface area contributed by atoms with Crippen LogP contribution in [0.25, 0.3) is 11.3 Å². The number of carbonyl (C=O) groups excluding carboxylic acids is 2. The Labute approximate surface area is 188 Å². The molecule has 1 saturated carbocycles. The number of pyridine rings is 1. The lowest BCUT2D eigenvalue weighted by molar-refractivity contribution is -0.119. The van der Waals surface area contributed by atoms with E-state index in [1.807, 2.05) is 19.9 Å². The smallest absolute Gasteiger partial charge is 0.260 e. The Balaban J connectivity index is 1.44. The number of alkyl halides is 2. The Kier molecular flexibility index (Phi) is 5.99. The van der Waals surface area contributed by atoms with Crippen molar-refractivity contribution in [1.82, 2.24) is 20.3 Å². The van der Waals surface area contributed by atoms with Gasteiger partial charge in [-0.3, -0.25) is 9.59 Å². The number of carbonyl (C=O) groups is 2. The molecule has 1 fully saturated rings. The van der Waals surface area contributed by atoms with E-state index < -0.39 is 24.2 Å². The molecule has 8 nitrogen and oxygen atoms in total. The lowest BCUT2D eigenvalue weighted by Gasteiger charge is -2.10. The largest absolute Gasteiger partial charge is 0.352 e. The van der Waals surface area contributed by atoms with Gasteiger partial charge in [-0.25, -0.2) is 23.7 Å². The van der Waals surface area contributed by atoms with E-state index in [0.29, 0.717) is 29.3 Å². The topological polar surface area (TPSA) is 109 Å². The number of nitrogens with one attached hydrogen (secondary N) is 3. The fourth-order valence-corrected chi connectivity index (χ4v) is 3.29. The molecule has 1 aromatic carbocycles. The number of halogens is 2. The molecule has 3 aromatic rings. The highest BCUT2D eigenvalue weighted by Gasteiger charge is 2.61. The Bertz CT molecular complexity index is 1200. The van der Waals surface area contributed by atoms with Crippen LogP contribution in [0.3, 0.4) is 0 Å². The summed E-state index contributed by atoms with van der Waals surface area (Å²) in [4.78, 5) is 36.7. The van der Waals surface area contributed by atoms with Crippen molar-refractivity contribution in [2.75, 3.05) is 17.2 Å². The van der Waals surface area contributed by atoms with E-state index in [-0.39, 0.29) is 11.7 Å². The van der Waals surface area contributed by atoms with Crippen LogP contribution in [0.5, 0.6) is 0 Å². The van der Waals surface area contributed by atoms with E-state index in [4.69, 9.17) is 0 Å². The van der Waals surface area contributed by atoms with Crippen LogP contribution in [0, 0.1) is 12.8 Å². The molecule has 2 heterocycles. The highest BCUT2D eigenvalue weighted by atomic mass is 19.3. The van der Waals surface area contributed by atoms with Gasteiger partial charge in [0.15, 0.2) is 0 Å². The first-order valence-electron chi connectivity index (χ1n) is 10.4. The van der Waals surface area contributed by atoms with Gasteiger partial charge in [-0.15, -0.1) is 0 Å². The van der Waals surface area contributed by atoms with Gasteiger partial charge in [0.05, 0.1) is 5.69 Å².